The molecule has 7 heteroatoms. The van der Waals surface area contributed by atoms with Crippen molar-refractivity contribution in [3.63, 3.8) is 0 Å². The third kappa shape index (κ3) is 3.60. The Hall–Kier alpha value is -3.09. The molecular formula is C23H25FN2O4. The predicted molar refractivity (Wildman–Crippen MR) is 112 cm³/mol. The molecule has 1 aliphatic rings. The molecule has 2 aromatic carbocycles. The van der Waals surface area contributed by atoms with Crippen molar-refractivity contribution in [1.82, 2.24) is 9.78 Å². The highest BCUT2D eigenvalue weighted by atomic mass is 19.1. The Labute approximate surface area is 174 Å². The van der Waals surface area contributed by atoms with Gasteiger partial charge >= 0.3 is 6.09 Å². The third-order valence-electron chi connectivity index (χ3n) is 4.77. The Kier molecular flexibility index (Phi) is 4.52. The van der Waals surface area contributed by atoms with Crippen molar-refractivity contribution in [3.8, 4) is 22.8 Å². The predicted octanol–water partition coefficient (Wildman–Crippen LogP) is 5.65. The van der Waals surface area contributed by atoms with Crippen molar-refractivity contribution < 1.29 is 23.4 Å². The summed E-state index contributed by atoms with van der Waals surface area (Å²) in [5.41, 5.74) is 1.31. The molecule has 0 atom stereocenters. The minimum Gasteiger partial charge on any atom is -0.454 e. The van der Waals surface area contributed by atoms with Gasteiger partial charge in [-0.3, -0.25) is 0 Å². The van der Waals surface area contributed by atoms with Gasteiger partial charge in [0.15, 0.2) is 11.5 Å². The first-order valence-electron chi connectivity index (χ1n) is 9.80. The van der Waals surface area contributed by atoms with E-state index in [0.29, 0.717) is 28.1 Å². The van der Waals surface area contributed by atoms with Gasteiger partial charge in [-0.25, -0.2) is 9.18 Å². The largest absolute Gasteiger partial charge is 0.454 e. The molecule has 0 N–H and O–H groups in total. The fourth-order valence-corrected chi connectivity index (χ4v) is 3.49. The Morgan fingerprint density at radius 3 is 2.43 bits per heavy atom. The van der Waals surface area contributed by atoms with E-state index in [1.165, 1.54) is 12.1 Å². The van der Waals surface area contributed by atoms with E-state index in [4.69, 9.17) is 14.2 Å². The van der Waals surface area contributed by atoms with Crippen LogP contribution in [0.25, 0.3) is 22.2 Å². The monoisotopic (exact) mass is 412 g/mol. The minimum absolute atomic E-state index is 0.157. The van der Waals surface area contributed by atoms with Crippen LogP contribution in [-0.2, 0) is 10.2 Å². The zero-order valence-corrected chi connectivity index (χ0v) is 18.0. The number of aromatic nitrogens is 2. The van der Waals surface area contributed by atoms with Gasteiger partial charge in [0.1, 0.15) is 17.1 Å². The Morgan fingerprint density at radius 1 is 1.07 bits per heavy atom. The maximum absolute atomic E-state index is 14.6. The van der Waals surface area contributed by atoms with Gasteiger partial charge in [0, 0.05) is 17.0 Å². The van der Waals surface area contributed by atoms with Crippen molar-refractivity contribution in [2.45, 2.75) is 52.6 Å². The van der Waals surface area contributed by atoms with Gasteiger partial charge in [-0.15, -0.1) is 0 Å². The van der Waals surface area contributed by atoms with Gasteiger partial charge in [0.05, 0.1) is 5.52 Å². The average molecular weight is 412 g/mol. The molecule has 0 fully saturated rings. The van der Waals surface area contributed by atoms with E-state index in [9.17, 15) is 9.18 Å². The van der Waals surface area contributed by atoms with Crippen molar-refractivity contribution >= 4 is 17.0 Å². The Balaban J connectivity index is 2.01. The highest BCUT2D eigenvalue weighted by Gasteiger charge is 2.28. The van der Waals surface area contributed by atoms with Crippen LogP contribution in [-0.4, -0.2) is 28.3 Å². The summed E-state index contributed by atoms with van der Waals surface area (Å²) in [5, 5.41) is 5.27. The SMILES string of the molecule is CC(C)(C)OC(=O)n1nc(-c2ccc3c(c2)OCO3)c2c(C(C)(C)C)cc(F)cc21. The number of hydrogen-bond acceptors (Lipinski definition) is 5. The van der Waals surface area contributed by atoms with Gasteiger partial charge in [-0.2, -0.15) is 9.78 Å². The maximum Gasteiger partial charge on any atom is 0.435 e. The lowest BCUT2D eigenvalue weighted by molar-refractivity contribution is 0.0523. The number of hydrogen-bond donors (Lipinski definition) is 0. The van der Waals surface area contributed by atoms with E-state index < -0.39 is 17.5 Å². The molecule has 0 bridgehead atoms. The first kappa shape index (κ1) is 20.2. The van der Waals surface area contributed by atoms with Gasteiger partial charge in [0.25, 0.3) is 0 Å². The first-order chi connectivity index (χ1) is 13.9. The van der Waals surface area contributed by atoms with Gasteiger partial charge in [-0.1, -0.05) is 20.8 Å². The summed E-state index contributed by atoms with van der Waals surface area (Å²) in [6, 6.07) is 8.29. The number of carbonyl (C=O) groups excluding carboxylic acids is 1. The van der Waals surface area contributed by atoms with E-state index in [2.05, 4.69) is 5.10 Å². The van der Waals surface area contributed by atoms with Crippen LogP contribution in [0.4, 0.5) is 9.18 Å². The molecule has 0 saturated heterocycles. The van der Waals surface area contributed by atoms with Gasteiger partial charge in [0.2, 0.25) is 6.79 Å². The van der Waals surface area contributed by atoms with Crippen LogP contribution >= 0.6 is 0 Å². The average Bonchev–Trinajstić information content (AvgIpc) is 3.22. The molecule has 3 aromatic rings. The lowest BCUT2D eigenvalue weighted by Gasteiger charge is -2.21. The molecule has 1 aliphatic heterocycles. The molecule has 2 heterocycles. The van der Waals surface area contributed by atoms with Crippen LogP contribution in [0.3, 0.4) is 0 Å². The molecule has 0 aliphatic carbocycles. The topological polar surface area (TPSA) is 62.6 Å². The molecular weight excluding hydrogens is 387 g/mol. The minimum atomic E-state index is -0.714. The summed E-state index contributed by atoms with van der Waals surface area (Å²) in [6.07, 6.45) is -0.662. The van der Waals surface area contributed by atoms with Crippen molar-refractivity contribution in [1.29, 1.82) is 0 Å². The quantitative estimate of drug-likeness (QED) is 0.517. The summed E-state index contributed by atoms with van der Waals surface area (Å²) < 4.78 is 32.1. The van der Waals surface area contributed by atoms with E-state index in [1.54, 1.807) is 26.8 Å². The smallest absolute Gasteiger partial charge is 0.435 e. The second-order valence-corrected chi connectivity index (χ2v) is 9.41. The van der Waals surface area contributed by atoms with Gasteiger partial charge < -0.3 is 14.2 Å². The van der Waals surface area contributed by atoms with Crippen LogP contribution in [0.5, 0.6) is 11.5 Å². The number of benzene rings is 2. The Morgan fingerprint density at radius 2 is 1.77 bits per heavy atom. The molecule has 6 nitrogen and oxygen atoms in total. The van der Waals surface area contributed by atoms with E-state index in [1.807, 2.05) is 32.9 Å². The molecule has 0 radical (unpaired) electrons. The molecule has 0 spiro atoms. The number of rotatable bonds is 1. The summed E-state index contributed by atoms with van der Waals surface area (Å²) >= 11 is 0. The Bertz CT molecular complexity index is 1150. The number of nitrogens with zero attached hydrogens (tertiary/aromatic N) is 2. The van der Waals surface area contributed by atoms with Gasteiger partial charge in [-0.05, 0) is 56.0 Å². The maximum atomic E-state index is 14.6. The van der Waals surface area contributed by atoms with E-state index >= 15 is 0 Å². The summed E-state index contributed by atoms with van der Waals surface area (Å²) in [4.78, 5) is 12.9. The summed E-state index contributed by atoms with van der Waals surface area (Å²) in [6.45, 7) is 11.5. The van der Waals surface area contributed by atoms with Crippen LogP contribution < -0.4 is 9.47 Å². The third-order valence-corrected chi connectivity index (χ3v) is 4.77. The highest BCUT2D eigenvalue weighted by Crippen LogP contribution is 2.41. The summed E-state index contributed by atoms with van der Waals surface area (Å²) in [5.74, 6) is 0.818. The number of carbonyl (C=O) groups is 1. The molecule has 0 amide bonds. The summed E-state index contributed by atoms with van der Waals surface area (Å²) in [7, 11) is 0. The van der Waals surface area contributed by atoms with E-state index in [-0.39, 0.29) is 12.2 Å². The molecule has 0 unspecified atom stereocenters. The molecule has 0 saturated carbocycles. The number of fused-ring (bicyclic) bond motifs is 2. The molecule has 1 aromatic heterocycles. The molecule has 30 heavy (non-hydrogen) atoms. The van der Waals surface area contributed by atoms with Crippen LogP contribution in [0.1, 0.15) is 47.1 Å². The van der Waals surface area contributed by atoms with Crippen LogP contribution in [0.15, 0.2) is 30.3 Å². The number of halogens is 1. The van der Waals surface area contributed by atoms with Crippen molar-refractivity contribution in [2.75, 3.05) is 6.79 Å². The highest BCUT2D eigenvalue weighted by molar-refractivity contribution is 6.00. The molecule has 4 rings (SSSR count). The van der Waals surface area contributed by atoms with E-state index in [0.717, 1.165) is 15.8 Å². The number of ether oxygens (including phenoxy) is 3. The standard InChI is InChI=1S/C23H25FN2O4/c1-22(2,3)15-10-14(24)11-16-19(15)20(25-26(16)21(27)30-23(4,5)6)13-7-8-17-18(9-13)29-12-28-17/h7-11H,12H2,1-6H3. The normalized spacial score (nSPS) is 13.7. The van der Waals surface area contributed by atoms with Crippen molar-refractivity contribution in [3.05, 3.63) is 41.7 Å². The van der Waals surface area contributed by atoms with Crippen LogP contribution in [0, 0.1) is 5.82 Å². The fraction of sp³-hybridized carbons (Fsp3) is 0.391. The lowest BCUT2D eigenvalue weighted by atomic mass is 9.83. The fourth-order valence-electron chi connectivity index (χ4n) is 3.49. The lowest BCUT2D eigenvalue weighted by Crippen LogP contribution is -2.27. The zero-order chi connectivity index (χ0) is 21.8. The van der Waals surface area contributed by atoms with Crippen LogP contribution in [0.2, 0.25) is 0 Å². The first-order valence-corrected chi connectivity index (χ1v) is 9.80. The second-order valence-electron chi connectivity index (χ2n) is 9.41. The molecule has 158 valence electrons. The second kappa shape index (κ2) is 6.72. The zero-order valence-electron chi connectivity index (χ0n) is 18.0. The van der Waals surface area contributed by atoms with Crippen molar-refractivity contribution in [2.24, 2.45) is 0 Å².